The summed E-state index contributed by atoms with van der Waals surface area (Å²) in [6, 6.07) is 0. The van der Waals surface area contributed by atoms with E-state index in [0.717, 1.165) is 6.42 Å². The zero-order valence-corrected chi connectivity index (χ0v) is 21.0. The van der Waals surface area contributed by atoms with Crippen molar-refractivity contribution in [1.29, 1.82) is 0 Å². The van der Waals surface area contributed by atoms with Gasteiger partial charge in [0, 0.05) is 6.61 Å². The minimum atomic E-state index is 0.370. The Morgan fingerprint density at radius 2 is 0.633 bits per heavy atom. The van der Waals surface area contributed by atoms with E-state index in [4.69, 9.17) is 5.11 Å². The monoisotopic (exact) mass is 425 g/mol. The van der Waals surface area contributed by atoms with Gasteiger partial charge in [0.05, 0.1) is 0 Å². The summed E-state index contributed by atoms with van der Waals surface area (Å²) in [4.78, 5) is 0. The number of rotatable bonds is 27. The molecule has 0 saturated carbocycles. The molecule has 0 heterocycles. The molecule has 0 aromatic carbocycles. The molecule has 0 unspecified atom stereocenters. The average Bonchev–Trinajstić information content (AvgIpc) is 2.76. The smallest absolute Gasteiger partial charge is 0.0431 e. The van der Waals surface area contributed by atoms with Crippen LogP contribution in [-0.2, 0) is 0 Å². The first-order valence-electron chi connectivity index (χ1n) is 14.2. The van der Waals surface area contributed by atoms with Gasteiger partial charge >= 0.3 is 0 Å². The van der Waals surface area contributed by atoms with Crippen LogP contribution in [0.4, 0.5) is 0 Å². The van der Waals surface area contributed by atoms with Crippen LogP contribution in [0.1, 0.15) is 161 Å². The molecule has 0 aromatic heterocycles. The lowest BCUT2D eigenvalue weighted by Gasteiger charge is -2.06. The molecule has 30 heavy (non-hydrogen) atoms. The molecule has 0 aliphatic rings. The lowest BCUT2D eigenvalue weighted by atomic mass is 10.0. The summed E-state index contributed by atoms with van der Waals surface area (Å²) in [5, 5.41) is 12.4. The Bertz CT molecular complexity index is 254. The van der Waals surface area contributed by atoms with Crippen molar-refractivity contribution in [1.82, 2.24) is 5.32 Å². The van der Waals surface area contributed by atoms with Gasteiger partial charge in [0.1, 0.15) is 0 Å². The molecule has 2 N–H and O–H groups in total. The fraction of sp³-hybridized carbons (Fsp3) is 1.00. The number of nitrogens with one attached hydrogen (secondary N) is 1. The molecule has 0 aromatic rings. The maximum Gasteiger partial charge on any atom is 0.0431 e. The van der Waals surface area contributed by atoms with Crippen molar-refractivity contribution in [2.75, 3.05) is 19.7 Å². The maximum absolute atomic E-state index is 8.75. The fourth-order valence-corrected chi connectivity index (χ4v) is 4.35. The minimum Gasteiger partial charge on any atom is -0.396 e. The molecular weight excluding hydrogens is 366 g/mol. The van der Waals surface area contributed by atoms with Crippen LogP contribution in [0, 0.1) is 0 Å². The maximum atomic E-state index is 8.75. The van der Waals surface area contributed by atoms with Gasteiger partial charge in [-0.05, 0) is 32.4 Å². The summed E-state index contributed by atoms with van der Waals surface area (Å²) in [7, 11) is 0. The second kappa shape index (κ2) is 28.9. The van der Waals surface area contributed by atoms with Crippen LogP contribution in [0.5, 0.6) is 0 Å². The Morgan fingerprint density at radius 1 is 0.367 bits per heavy atom. The highest BCUT2D eigenvalue weighted by atomic mass is 16.2. The van der Waals surface area contributed by atoms with Gasteiger partial charge in [-0.25, -0.2) is 0 Å². The van der Waals surface area contributed by atoms with Crippen LogP contribution in [-0.4, -0.2) is 24.8 Å². The van der Waals surface area contributed by atoms with E-state index in [1.807, 2.05) is 0 Å². The van der Waals surface area contributed by atoms with Gasteiger partial charge in [-0.15, -0.1) is 0 Å². The first-order valence-corrected chi connectivity index (χ1v) is 14.2. The van der Waals surface area contributed by atoms with Crippen molar-refractivity contribution in [2.24, 2.45) is 0 Å². The number of hydrogen-bond acceptors (Lipinski definition) is 2. The van der Waals surface area contributed by atoms with E-state index in [1.165, 1.54) is 161 Å². The molecule has 0 saturated heterocycles. The van der Waals surface area contributed by atoms with Crippen molar-refractivity contribution in [3.8, 4) is 0 Å². The summed E-state index contributed by atoms with van der Waals surface area (Å²) >= 11 is 0. The largest absolute Gasteiger partial charge is 0.396 e. The summed E-state index contributed by atoms with van der Waals surface area (Å²) < 4.78 is 0. The predicted molar refractivity (Wildman–Crippen MR) is 136 cm³/mol. The summed E-state index contributed by atoms with van der Waals surface area (Å²) in [5.41, 5.74) is 0. The third-order valence-electron chi connectivity index (χ3n) is 6.47. The van der Waals surface area contributed by atoms with Crippen molar-refractivity contribution in [2.45, 2.75) is 161 Å². The summed E-state index contributed by atoms with van der Waals surface area (Å²) in [6.07, 6.45) is 33.5. The second-order valence-corrected chi connectivity index (χ2v) is 9.61. The minimum absolute atomic E-state index is 0.370. The van der Waals surface area contributed by atoms with Gasteiger partial charge in [0.15, 0.2) is 0 Å². The summed E-state index contributed by atoms with van der Waals surface area (Å²) in [6.45, 7) is 5.13. The van der Waals surface area contributed by atoms with E-state index in [2.05, 4.69) is 12.2 Å². The Hall–Kier alpha value is -0.0800. The summed E-state index contributed by atoms with van der Waals surface area (Å²) in [5.74, 6) is 0. The number of hydrogen-bond donors (Lipinski definition) is 2. The van der Waals surface area contributed by atoms with Crippen LogP contribution in [0.3, 0.4) is 0 Å². The highest BCUT2D eigenvalue weighted by Crippen LogP contribution is 2.13. The van der Waals surface area contributed by atoms with Gasteiger partial charge in [0.2, 0.25) is 0 Å². The lowest BCUT2D eigenvalue weighted by Crippen LogP contribution is -2.16. The van der Waals surface area contributed by atoms with Crippen LogP contribution in [0.25, 0.3) is 0 Å². The molecule has 0 amide bonds. The van der Waals surface area contributed by atoms with Crippen LogP contribution < -0.4 is 5.32 Å². The second-order valence-electron chi connectivity index (χ2n) is 9.61. The Labute approximate surface area is 191 Å². The van der Waals surface area contributed by atoms with E-state index < -0.39 is 0 Å². The molecule has 0 spiro atoms. The molecule has 0 atom stereocenters. The van der Waals surface area contributed by atoms with Gasteiger partial charge in [-0.1, -0.05) is 142 Å². The third-order valence-corrected chi connectivity index (χ3v) is 6.47. The van der Waals surface area contributed by atoms with E-state index in [0.29, 0.717) is 6.61 Å². The molecule has 2 heteroatoms. The molecule has 0 aliphatic carbocycles. The first kappa shape index (κ1) is 29.9. The van der Waals surface area contributed by atoms with Gasteiger partial charge < -0.3 is 10.4 Å². The van der Waals surface area contributed by atoms with E-state index >= 15 is 0 Å². The molecule has 0 rings (SSSR count). The SMILES string of the molecule is CCCCCCCCCCCCCCNCCCCCCCCCCCCCCO. The Morgan fingerprint density at radius 3 is 0.933 bits per heavy atom. The fourth-order valence-electron chi connectivity index (χ4n) is 4.35. The van der Waals surface area contributed by atoms with E-state index in [9.17, 15) is 0 Å². The van der Waals surface area contributed by atoms with Crippen molar-refractivity contribution >= 4 is 0 Å². The molecule has 0 bridgehead atoms. The molecular formula is C28H59NO. The molecule has 0 fully saturated rings. The van der Waals surface area contributed by atoms with Crippen LogP contribution in [0.15, 0.2) is 0 Å². The topological polar surface area (TPSA) is 32.3 Å². The quantitative estimate of drug-likeness (QED) is 0.129. The molecule has 182 valence electrons. The van der Waals surface area contributed by atoms with E-state index in [-0.39, 0.29) is 0 Å². The highest BCUT2D eigenvalue weighted by molar-refractivity contribution is 4.53. The Balaban J connectivity index is 2.97. The van der Waals surface area contributed by atoms with E-state index in [1.54, 1.807) is 0 Å². The van der Waals surface area contributed by atoms with Crippen LogP contribution >= 0.6 is 0 Å². The zero-order valence-electron chi connectivity index (χ0n) is 21.0. The molecule has 0 radical (unpaired) electrons. The zero-order chi connectivity index (χ0) is 21.8. The number of unbranched alkanes of at least 4 members (excludes halogenated alkanes) is 22. The highest BCUT2D eigenvalue weighted by Gasteiger charge is 1.95. The molecule has 0 aliphatic heterocycles. The van der Waals surface area contributed by atoms with Gasteiger partial charge in [0.25, 0.3) is 0 Å². The number of aliphatic hydroxyl groups excluding tert-OH is 1. The number of aliphatic hydroxyl groups is 1. The van der Waals surface area contributed by atoms with Gasteiger partial charge in [-0.3, -0.25) is 0 Å². The standard InChI is InChI=1S/C28H59NO/c1-2-3-4-5-6-7-8-11-14-17-20-23-26-29-27-24-21-18-15-12-9-10-13-16-19-22-25-28-30/h29-30H,2-28H2,1H3. The average molecular weight is 426 g/mol. The third kappa shape index (κ3) is 27.9. The normalized spacial score (nSPS) is 11.4. The van der Waals surface area contributed by atoms with Crippen LogP contribution in [0.2, 0.25) is 0 Å². The molecule has 2 nitrogen and oxygen atoms in total. The first-order chi connectivity index (χ1) is 14.9. The van der Waals surface area contributed by atoms with Crippen molar-refractivity contribution in [3.05, 3.63) is 0 Å². The lowest BCUT2D eigenvalue weighted by molar-refractivity contribution is 0.282. The Kier molecular flexibility index (Phi) is 28.8. The van der Waals surface area contributed by atoms with Crippen molar-refractivity contribution < 1.29 is 5.11 Å². The predicted octanol–water partition coefficient (Wildman–Crippen LogP) is 8.95. The van der Waals surface area contributed by atoms with Gasteiger partial charge in [-0.2, -0.15) is 0 Å². The van der Waals surface area contributed by atoms with Crippen molar-refractivity contribution in [3.63, 3.8) is 0 Å².